The highest BCUT2D eigenvalue weighted by molar-refractivity contribution is 5.53. The summed E-state index contributed by atoms with van der Waals surface area (Å²) in [4.78, 5) is 4.31. The van der Waals surface area contributed by atoms with E-state index in [4.69, 9.17) is 15.2 Å². The van der Waals surface area contributed by atoms with E-state index >= 15 is 0 Å². The Morgan fingerprint density at radius 1 is 1.42 bits per heavy atom. The Morgan fingerprint density at radius 3 is 2.89 bits per heavy atom. The summed E-state index contributed by atoms with van der Waals surface area (Å²) >= 11 is 0. The fraction of sp³-hybridized carbons (Fsp3) is 0.500. The number of hydrogen-bond donors (Lipinski definition) is 2. The summed E-state index contributed by atoms with van der Waals surface area (Å²) in [5, 5.41) is 3.16. The summed E-state index contributed by atoms with van der Waals surface area (Å²) in [7, 11) is 0. The summed E-state index contributed by atoms with van der Waals surface area (Å²) in [6.07, 6.45) is 0.924. The highest BCUT2D eigenvalue weighted by Crippen LogP contribution is 2.20. The fourth-order valence-corrected chi connectivity index (χ4v) is 1.36. The molecule has 5 heteroatoms. The van der Waals surface area contributed by atoms with E-state index in [1.807, 2.05) is 19.9 Å². The molecule has 5 nitrogen and oxygen atoms in total. The minimum Gasteiger partial charge on any atom is -0.476 e. The average molecular weight is 265 g/mol. The molecule has 0 aliphatic rings. The van der Waals surface area contributed by atoms with E-state index in [2.05, 4.69) is 16.9 Å². The molecule has 3 N–H and O–H groups in total. The van der Waals surface area contributed by atoms with Crippen LogP contribution in [0.1, 0.15) is 20.3 Å². The zero-order chi connectivity index (χ0) is 14.1. The van der Waals surface area contributed by atoms with Crippen molar-refractivity contribution in [2.75, 3.05) is 37.4 Å². The maximum Gasteiger partial charge on any atom is 0.239 e. The van der Waals surface area contributed by atoms with E-state index in [0.29, 0.717) is 37.9 Å². The summed E-state index contributed by atoms with van der Waals surface area (Å²) < 4.78 is 10.9. The molecule has 106 valence electrons. The standard InChI is InChI=1S/C14H23N3O2/c1-4-8-19-14-12(15)5-6-13(17-14)16-7-9-18-10-11(2)3/h5-6H,2,4,7-10,15H2,1,3H3,(H,16,17). The number of rotatable bonds is 9. The molecule has 0 unspecified atom stereocenters. The summed E-state index contributed by atoms with van der Waals surface area (Å²) in [5.41, 5.74) is 7.36. The molecular formula is C14H23N3O2. The smallest absolute Gasteiger partial charge is 0.239 e. The predicted molar refractivity (Wildman–Crippen MR) is 78.6 cm³/mol. The molecule has 0 amide bonds. The molecule has 0 aromatic carbocycles. The molecule has 0 saturated carbocycles. The van der Waals surface area contributed by atoms with Crippen molar-refractivity contribution in [3.63, 3.8) is 0 Å². The zero-order valence-corrected chi connectivity index (χ0v) is 11.7. The molecule has 1 aromatic heterocycles. The number of pyridine rings is 1. The molecule has 0 saturated heterocycles. The van der Waals surface area contributed by atoms with E-state index in [1.165, 1.54) is 0 Å². The first-order valence-electron chi connectivity index (χ1n) is 6.48. The van der Waals surface area contributed by atoms with Crippen LogP contribution in [0.5, 0.6) is 5.88 Å². The molecule has 0 atom stereocenters. The van der Waals surface area contributed by atoms with Crippen LogP contribution in [-0.2, 0) is 4.74 Å². The first-order valence-corrected chi connectivity index (χ1v) is 6.48. The third-order valence-corrected chi connectivity index (χ3v) is 2.23. The van der Waals surface area contributed by atoms with Gasteiger partial charge in [0.15, 0.2) is 0 Å². The van der Waals surface area contributed by atoms with Crippen LogP contribution in [0.3, 0.4) is 0 Å². The first-order chi connectivity index (χ1) is 9.13. The van der Waals surface area contributed by atoms with Crippen LogP contribution in [0, 0.1) is 0 Å². The van der Waals surface area contributed by atoms with Crippen LogP contribution in [0.4, 0.5) is 11.5 Å². The van der Waals surface area contributed by atoms with Gasteiger partial charge in [-0.2, -0.15) is 4.98 Å². The van der Waals surface area contributed by atoms with Crippen molar-refractivity contribution in [1.82, 2.24) is 4.98 Å². The number of nitrogens with two attached hydrogens (primary N) is 1. The van der Waals surface area contributed by atoms with Crippen LogP contribution >= 0.6 is 0 Å². The van der Waals surface area contributed by atoms with Gasteiger partial charge in [0.25, 0.3) is 0 Å². The number of ether oxygens (including phenoxy) is 2. The molecule has 0 spiro atoms. The second-order valence-corrected chi connectivity index (χ2v) is 4.38. The van der Waals surface area contributed by atoms with E-state index in [9.17, 15) is 0 Å². The molecule has 0 aliphatic carbocycles. The maximum atomic E-state index is 5.79. The number of nitrogens with one attached hydrogen (secondary N) is 1. The van der Waals surface area contributed by atoms with Crippen molar-refractivity contribution in [1.29, 1.82) is 0 Å². The van der Waals surface area contributed by atoms with Gasteiger partial charge in [-0.3, -0.25) is 0 Å². The van der Waals surface area contributed by atoms with E-state index < -0.39 is 0 Å². The van der Waals surface area contributed by atoms with E-state index in [-0.39, 0.29) is 0 Å². The van der Waals surface area contributed by atoms with Crippen LogP contribution in [0.15, 0.2) is 24.3 Å². The lowest BCUT2D eigenvalue weighted by Gasteiger charge is -2.10. The van der Waals surface area contributed by atoms with Gasteiger partial charge < -0.3 is 20.5 Å². The number of aromatic nitrogens is 1. The minimum absolute atomic E-state index is 0.481. The molecule has 1 rings (SSSR count). The summed E-state index contributed by atoms with van der Waals surface area (Å²) in [6, 6.07) is 3.61. The lowest BCUT2D eigenvalue weighted by molar-refractivity contribution is 0.167. The molecule has 0 aliphatic heterocycles. The van der Waals surface area contributed by atoms with Crippen molar-refractivity contribution in [3.8, 4) is 5.88 Å². The number of anilines is 2. The SMILES string of the molecule is C=C(C)COCCNc1ccc(N)c(OCCC)n1. The molecule has 0 bridgehead atoms. The first kappa shape index (κ1) is 15.3. The second kappa shape index (κ2) is 8.37. The Bertz CT molecular complexity index is 408. The minimum atomic E-state index is 0.481. The van der Waals surface area contributed by atoms with Gasteiger partial charge >= 0.3 is 0 Å². The fourth-order valence-electron chi connectivity index (χ4n) is 1.36. The number of hydrogen-bond acceptors (Lipinski definition) is 5. The van der Waals surface area contributed by atoms with Crippen LogP contribution in [0.2, 0.25) is 0 Å². The van der Waals surface area contributed by atoms with Crippen molar-refractivity contribution in [2.45, 2.75) is 20.3 Å². The van der Waals surface area contributed by atoms with E-state index in [0.717, 1.165) is 17.8 Å². The van der Waals surface area contributed by atoms with Gasteiger partial charge in [-0.1, -0.05) is 19.1 Å². The normalized spacial score (nSPS) is 10.2. The molecule has 1 heterocycles. The molecule has 0 radical (unpaired) electrons. The largest absolute Gasteiger partial charge is 0.476 e. The number of nitrogens with zero attached hydrogens (tertiary/aromatic N) is 1. The van der Waals surface area contributed by atoms with Gasteiger partial charge in [0.1, 0.15) is 5.82 Å². The predicted octanol–water partition coefficient (Wildman–Crippen LogP) is 2.46. The third kappa shape index (κ3) is 6.10. The third-order valence-electron chi connectivity index (χ3n) is 2.23. The number of nitrogen functional groups attached to an aromatic ring is 1. The molecule has 0 fully saturated rings. The van der Waals surface area contributed by atoms with Gasteiger partial charge in [0, 0.05) is 6.54 Å². The second-order valence-electron chi connectivity index (χ2n) is 4.38. The van der Waals surface area contributed by atoms with Crippen LogP contribution in [0.25, 0.3) is 0 Å². The maximum absolute atomic E-state index is 5.79. The Kier molecular flexibility index (Phi) is 6.74. The Hall–Kier alpha value is -1.75. The Balaban J connectivity index is 2.39. The van der Waals surface area contributed by atoms with Crippen molar-refractivity contribution in [2.24, 2.45) is 0 Å². The Morgan fingerprint density at radius 2 is 2.21 bits per heavy atom. The van der Waals surface area contributed by atoms with Crippen LogP contribution in [-0.4, -0.2) is 31.3 Å². The Labute approximate surface area is 114 Å². The van der Waals surface area contributed by atoms with E-state index in [1.54, 1.807) is 6.07 Å². The van der Waals surface area contributed by atoms with Crippen molar-refractivity contribution in [3.05, 3.63) is 24.3 Å². The lowest BCUT2D eigenvalue weighted by Crippen LogP contribution is -2.12. The molecular weight excluding hydrogens is 242 g/mol. The lowest BCUT2D eigenvalue weighted by atomic mass is 10.4. The van der Waals surface area contributed by atoms with Gasteiger partial charge in [-0.25, -0.2) is 0 Å². The monoisotopic (exact) mass is 265 g/mol. The van der Waals surface area contributed by atoms with Crippen LogP contribution < -0.4 is 15.8 Å². The molecule has 1 aromatic rings. The van der Waals surface area contributed by atoms with Gasteiger partial charge in [0.2, 0.25) is 5.88 Å². The quantitative estimate of drug-likeness (QED) is 0.530. The highest BCUT2D eigenvalue weighted by atomic mass is 16.5. The average Bonchev–Trinajstić information content (AvgIpc) is 2.38. The highest BCUT2D eigenvalue weighted by Gasteiger charge is 2.03. The molecule has 19 heavy (non-hydrogen) atoms. The van der Waals surface area contributed by atoms with Crippen molar-refractivity contribution >= 4 is 11.5 Å². The van der Waals surface area contributed by atoms with Gasteiger partial charge in [-0.15, -0.1) is 0 Å². The summed E-state index contributed by atoms with van der Waals surface area (Å²) in [6.45, 7) is 10.2. The zero-order valence-electron chi connectivity index (χ0n) is 11.7. The van der Waals surface area contributed by atoms with Crippen molar-refractivity contribution < 1.29 is 9.47 Å². The van der Waals surface area contributed by atoms with Gasteiger partial charge in [0.05, 0.1) is 25.5 Å². The topological polar surface area (TPSA) is 69.4 Å². The summed E-state index contributed by atoms with van der Waals surface area (Å²) in [5.74, 6) is 1.22. The van der Waals surface area contributed by atoms with Gasteiger partial charge in [-0.05, 0) is 25.5 Å².